The number of aliphatic hydroxyl groups excluding tert-OH is 1. The van der Waals surface area contributed by atoms with Crippen molar-refractivity contribution in [3.05, 3.63) is 23.8 Å². The number of hydrogen-bond donors (Lipinski definition) is 1. The summed E-state index contributed by atoms with van der Waals surface area (Å²) in [5, 5.41) is 10.3. The fourth-order valence-electron chi connectivity index (χ4n) is 8.64. The van der Waals surface area contributed by atoms with Crippen LogP contribution in [0, 0.1) is 52.3 Å². The zero-order chi connectivity index (χ0) is 24.1. The molecule has 3 nitrogen and oxygen atoms in total. The van der Waals surface area contributed by atoms with Gasteiger partial charge in [0.2, 0.25) is 0 Å². The molecule has 0 radical (unpaired) electrons. The predicted octanol–water partition coefficient (Wildman–Crippen LogP) is 6.95. The van der Waals surface area contributed by atoms with E-state index in [0.717, 1.165) is 32.1 Å². The van der Waals surface area contributed by atoms with Crippen LogP contribution in [-0.2, 0) is 9.53 Å². The van der Waals surface area contributed by atoms with Crippen LogP contribution in [0.1, 0.15) is 93.4 Å². The molecule has 0 aromatic heterocycles. The second-order valence-electron chi connectivity index (χ2n) is 13.0. The normalized spacial score (nSPS) is 44.6. The van der Waals surface area contributed by atoms with Gasteiger partial charge in [0.15, 0.2) is 0 Å². The van der Waals surface area contributed by atoms with Crippen molar-refractivity contribution in [2.75, 3.05) is 0 Å². The van der Waals surface area contributed by atoms with Crippen LogP contribution in [0.5, 0.6) is 0 Å². The Labute approximate surface area is 202 Å². The molecule has 0 spiro atoms. The van der Waals surface area contributed by atoms with Crippen LogP contribution in [0.15, 0.2) is 23.8 Å². The molecule has 0 aromatic rings. The van der Waals surface area contributed by atoms with Gasteiger partial charge in [-0.3, -0.25) is 4.79 Å². The molecule has 4 aliphatic carbocycles. The third-order valence-corrected chi connectivity index (χ3v) is 10.8. The Hall–Kier alpha value is -1.09. The summed E-state index contributed by atoms with van der Waals surface area (Å²) in [5.74, 6) is 3.82. The van der Waals surface area contributed by atoms with Crippen molar-refractivity contribution in [3.63, 3.8) is 0 Å². The number of allylic oxidation sites excluding steroid dienone is 3. The summed E-state index contributed by atoms with van der Waals surface area (Å²) in [6, 6.07) is 0. The van der Waals surface area contributed by atoms with Crippen LogP contribution < -0.4 is 0 Å². The molecule has 186 valence electrons. The highest BCUT2D eigenvalue weighted by atomic mass is 16.5. The Bertz CT molecular complexity index is 796. The van der Waals surface area contributed by atoms with E-state index < -0.39 is 0 Å². The lowest BCUT2D eigenvalue weighted by Gasteiger charge is -2.58. The summed E-state index contributed by atoms with van der Waals surface area (Å²) in [6.45, 7) is 15.8. The number of esters is 1. The number of hydrogen-bond acceptors (Lipinski definition) is 3. The Morgan fingerprint density at radius 2 is 1.85 bits per heavy atom. The molecule has 0 heterocycles. The Morgan fingerprint density at radius 3 is 2.52 bits per heavy atom. The van der Waals surface area contributed by atoms with Crippen LogP contribution in [0.25, 0.3) is 0 Å². The van der Waals surface area contributed by atoms with Gasteiger partial charge in [-0.25, -0.2) is 0 Å². The molecule has 0 bridgehead atoms. The number of fused-ring (bicyclic) bond motifs is 5. The number of aliphatic hydroxyl groups is 1. The third-order valence-electron chi connectivity index (χ3n) is 10.8. The number of carbonyl (C=O) groups is 1. The number of rotatable bonds is 5. The minimum Gasteiger partial charge on any atom is -0.462 e. The van der Waals surface area contributed by atoms with Gasteiger partial charge in [-0.15, -0.1) is 0 Å². The van der Waals surface area contributed by atoms with E-state index in [0.29, 0.717) is 41.4 Å². The molecule has 0 aromatic carbocycles. The number of carbonyl (C=O) groups excluding carboxylic acids is 1. The molecular weight excluding hydrogens is 408 g/mol. The molecule has 3 saturated carbocycles. The van der Waals surface area contributed by atoms with Crippen LogP contribution in [-0.4, -0.2) is 23.3 Å². The van der Waals surface area contributed by atoms with Crippen LogP contribution in [0.3, 0.4) is 0 Å². The van der Waals surface area contributed by atoms with Crippen molar-refractivity contribution < 1.29 is 14.6 Å². The monoisotopic (exact) mass is 456 g/mol. The minimum atomic E-state index is -0.153. The summed E-state index contributed by atoms with van der Waals surface area (Å²) in [5.41, 5.74) is 1.98. The fourth-order valence-corrected chi connectivity index (χ4v) is 8.64. The van der Waals surface area contributed by atoms with Gasteiger partial charge in [-0.1, -0.05) is 65.3 Å². The second kappa shape index (κ2) is 9.17. The van der Waals surface area contributed by atoms with E-state index in [-0.39, 0.29) is 29.0 Å². The SMILES string of the molecule is CC(=O)O[C@H]1C[C@H]2[C@@H]3CC=C4C[C@@H](O)CC[C@]4(C)[C@H]3CC[C@]2(C)[C@H]1[C@H](C)/C=C/[C@H](C)C(C)C. The first-order valence-corrected chi connectivity index (χ1v) is 13.7. The topological polar surface area (TPSA) is 46.5 Å². The van der Waals surface area contributed by atoms with Gasteiger partial charge in [0.05, 0.1) is 6.10 Å². The fraction of sp³-hybridized carbons (Fsp3) is 0.833. The van der Waals surface area contributed by atoms with Gasteiger partial charge in [0.1, 0.15) is 6.10 Å². The van der Waals surface area contributed by atoms with Crippen molar-refractivity contribution in [1.82, 2.24) is 0 Å². The summed E-state index contributed by atoms with van der Waals surface area (Å²) >= 11 is 0. The quantitative estimate of drug-likeness (QED) is 0.359. The molecule has 3 fully saturated rings. The second-order valence-corrected chi connectivity index (χ2v) is 13.0. The van der Waals surface area contributed by atoms with Gasteiger partial charge in [-0.05, 0) is 91.3 Å². The molecule has 3 heteroatoms. The first-order valence-electron chi connectivity index (χ1n) is 13.7. The van der Waals surface area contributed by atoms with Crippen molar-refractivity contribution in [2.45, 2.75) is 106 Å². The highest BCUT2D eigenvalue weighted by Gasteiger charge is 2.62. The molecule has 0 saturated heterocycles. The van der Waals surface area contributed by atoms with Crippen LogP contribution in [0.4, 0.5) is 0 Å². The average molecular weight is 457 g/mol. The van der Waals surface area contributed by atoms with Crippen molar-refractivity contribution >= 4 is 5.97 Å². The summed E-state index contributed by atoms with van der Waals surface area (Å²) in [6.07, 6.45) is 14.8. The minimum absolute atomic E-state index is 0.0246. The Morgan fingerprint density at radius 1 is 1.12 bits per heavy atom. The van der Waals surface area contributed by atoms with E-state index >= 15 is 0 Å². The summed E-state index contributed by atoms with van der Waals surface area (Å²) in [4.78, 5) is 12.1. The maximum absolute atomic E-state index is 12.1. The van der Waals surface area contributed by atoms with E-state index in [4.69, 9.17) is 4.74 Å². The van der Waals surface area contributed by atoms with E-state index in [2.05, 4.69) is 59.8 Å². The van der Waals surface area contributed by atoms with Crippen molar-refractivity contribution in [1.29, 1.82) is 0 Å². The van der Waals surface area contributed by atoms with E-state index in [1.54, 1.807) is 6.92 Å². The smallest absolute Gasteiger partial charge is 0.302 e. The van der Waals surface area contributed by atoms with Crippen LogP contribution in [0.2, 0.25) is 0 Å². The Kier molecular flexibility index (Phi) is 6.95. The van der Waals surface area contributed by atoms with E-state index in [1.807, 2.05) is 0 Å². The molecule has 0 unspecified atom stereocenters. The first-order chi connectivity index (χ1) is 15.5. The Balaban J connectivity index is 1.63. The molecule has 4 rings (SSSR count). The number of ether oxygens (including phenoxy) is 1. The molecule has 33 heavy (non-hydrogen) atoms. The van der Waals surface area contributed by atoms with Gasteiger partial charge in [0.25, 0.3) is 0 Å². The molecular formula is C30H48O3. The molecule has 0 amide bonds. The lowest BCUT2D eigenvalue weighted by molar-refractivity contribution is -0.150. The molecule has 4 aliphatic rings. The predicted molar refractivity (Wildman–Crippen MR) is 134 cm³/mol. The third kappa shape index (κ3) is 4.37. The van der Waals surface area contributed by atoms with Gasteiger partial charge in [-0.2, -0.15) is 0 Å². The maximum Gasteiger partial charge on any atom is 0.302 e. The summed E-state index contributed by atoms with van der Waals surface area (Å²) < 4.78 is 6.06. The van der Waals surface area contributed by atoms with Gasteiger partial charge in [0, 0.05) is 12.8 Å². The lowest BCUT2D eigenvalue weighted by Crippen LogP contribution is -2.51. The highest BCUT2D eigenvalue weighted by molar-refractivity contribution is 5.66. The van der Waals surface area contributed by atoms with E-state index in [1.165, 1.54) is 18.4 Å². The first kappa shape index (κ1) is 25.0. The van der Waals surface area contributed by atoms with Crippen LogP contribution >= 0.6 is 0 Å². The maximum atomic E-state index is 12.1. The molecule has 10 atom stereocenters. The van der Waals surface area contributed by atoms with Crippen molar-refractivity contribution in [3.8, 4) is 0 Å². The summed E-state index contributed by atoms with van der Waals surface area (Å²) in [7, 11) is 0. The van der Waals surface area contributed by atoms with Gasteiger partial charge >= 0.3 is 5.97 Å². The molecule has 1 N–H and O–H groups in total. The van der Waals surface area contributed by atoms with Gasteiger partial charge < -0.3 is 9.84 Å². The van der Waals surface area contributed by atoms with Crippen molar-refractivity contribution in [2.24, 2.45) is 52.3 Å². The zero-order valence-electron chi connectivity index (χ0n) is 22.1. The highest BCUT2D eigenvalue weighted by Crippen LogP contribution is 2.67. The zero-order valence-corrected chi connectivity index (χ0v) is 22.1. The standard InChI is InChI=1S/C30H48O3/c1-18(2)19(3)8-9-20(4)28-27(33-21(5)31)17-26-24-11-10-22-16-23(32)12-14-29(22,6)25(24)13-15-30(26,28)7/h8-10,18-20,23-28,32H,11-17H2,1-7H3/b9-8+/t19-,20+,23-,24+,25-,26-,27-,28-,29-,30-/m0/s1. The molecule has 0 aliphatic heterocycles. The average Bonchev–Trinajstić information content (AvgIpc) is 3.03. The largest absolute Gasteiger partial charge is 0.462 e. The van der Waals surface area contributed by atoms with E-state index in [9.17, 15) is 9.90 Å². The lowest BCUT2D eigenvalue weighted by atomic mass is 9.47.